The van der Waals surface area contributed by atoms with Crippen molar-refractivity contribution >= 4 is 17.4 Å². The molecule has 4 rings (SSSR count). The number of aromatic nitrogens is 4. The Morgan fingerprint density at radius 3 is 2.80 bits per heavy atom. The third kappa shape index (κ3) is 3.24. The number of pyridine rings is 1. The minimum Gasteiger partial charge on any atom is -0.465 e. The molecule has 2 N–H and O–H groups in total. The van der Waals surface area contributed by atoms with Crippen molar-refractivity contribution in [3.05, 3.63) is 43.0 Å². The summed E-state index contributed by atoms with van der Waals surface area (Å²) in [4.78, 5) is 22.0. The number of hydrogen-bond acceptors (Lipinski definition) is 5. The first-order chi connectivity index (χ1) is 14.2. The number of anilines is 1. The Bertz CT molecular complexity index is 1080. The molecule has 158 valence electrons. The van der Waals surface area contributed by atoms with Crippen LogP contribution in [-0.2, 0) is 0 Å². The van der Waals surface area contributed by atoms with Crippen molar-refractivity contribution in [1.82, 2.24) is 24.5 Å². The summed E-state index contributed by atoms with van der Waals surface area (Å²) in [6, 6.07) is 5.50. The van der Waals surface area contributed by atoms with E-state index in [9.17, 15) is 14.3 Å². The van der Waals surface area contributed by atoms with E-state index in [1.165, 1.54) is 4.90 Å². The predicted molar refractivity (Wildman–Crippen MR) is 111 cm³/mol. The molecule has 1 aliphatic heterocycles. The average molecular weight is 412 g/mol. The number of likely N-dealkylation sites (tertiary alicyclic amines) is 1. The van der Waals surface area contributed by atoms with E-state index >= 15 is 0 Å². The summed E-state index contributed by atoms with van der Waals surface area (Å²) in [6.07, 6.45) is 6.08. The van der Waals surface area contributed by atoms with E-state index in [1.807, 2.05) is 45.2 Å². The molecule has 0 bridgehead atoms. The van der Waals surface area contributed by atoms with Crippen LogP contribution in [0.1, 0.15) is 27.2 Å². The minimum atomic E-state index is -1.11. The third-order valence-corrected chi connectivity index (χ3v) is 6.04. The Labute approximate surface area is 173 Å². The highest BCUT2D eigenvalue weighted by molar-refractivity contribution is 5.77. The number of hydrogen-bond donors (Lipinski definition) is 2. The van der Waals surface area contributed by atoms with Gasteiger partial charge in [-0.2, -0.15) is 5.10 Å². The smallest absolute Gasteiger partial charge is 0.407 e. The second-order valence-corrected chi connectivity index (χ2v) is 8.73. The molecule has 1 amide bonds. The zero-order chi connectivity index (χ0) is 21.5. The quantitative estimate of drug-likeness (QED) is 0.678. The molecule has 0 radical (unpaired) electrons. The van der Waals surface area contributed by atoms with Crippen molar-refractivity contribution in [2.75, 3.05) is 18.5 Å². The zero-order valence-corrected chi connectivity index (χ0v) is 17.2. The molecule has 3 aromatic heterocycles. The number of rotatable bonds is 4. The summed E-state index contributed by atoms with van der Waals surface area (Å²) in [7, 11) is 0. The van der Waals surface area contributed by atoms with Gasteiger partial charge in [-0.3, -0.25) is 9.88 Å². The highest BCUT2D eigenvalue weighted by atomic mass is 19.1. The number of fused-ring (bicyclic) bond motifs is 1. The normalized spacial score (nSPS) is 21.9. The molecule has 0 saturated carbocycles. The first-order valence-corrected chi connectivity index (χ1v) is 9.83. The van der Waals surface area contributed by atoms with Gasteiger partial charge in [0.1, 0.15) is 12.5 Å². The van der Waals surface area contributed by atoms with Crippen LogP contribution in [0.25, 0.3) is 16.8 Å². The Balaban J connectivity index is 1.61. The molecule has 30 heavy (non-hydrogen) atoms. The maximum atomic E-state index is 14.2. The van der Waals surface area contributed by atoms with Crippen LogP contribution in [0.2, 0.25) is 0 Å². The van der Waals surface area contributed by atoms with Crippen molar-refractivity contribution in [2.45, 2.75) is 38.8 Å². The van der Waals surface area contributed by atoms with E-state index in [0.29, 0.717) is 17.9 Å². The number of alkyl halides is 1. The topological polar surface area (TPSA) is 95.7 Å². The van der Waals surface area contributed by atoms with E-state index in [2.05, 4.69) is 20.4 Å². The molecule has 1 saturated heterocycles. The van der Waals surface area contributed by atoms with Crippen LogP contribution in [-0.4, -0.2) is 60.5 Å². The molecule has 0 spiro atoms. The van der Waals surface area contributed by atoms with Crippen LogP contribution < -0.4 is 5.32 Å². The molecule has 8 nitrogen and oxygen atoms in total. The largest absolute Gasteiger partial charge is 0.465 e. The van der Waals surface area contributed by atoms with E-state index in [-0.39, 0.29) is 12.6 Å². The SMILES string of the molecule is CC(C)(C)[C@]1(CF)C[C@@H](Nc2cncc(-c3cnn4ccccc34)n2)CN1C(=O)O. The number of carboxylic acid groups (broad SMARTS) is 1. The summed E-state index contributed by atoms with van der Waals surface area (Å²) in [5, 5.41) is 17.3. The van der Waals surface area contributed by atoms with Gasteiger partial charge < -0.3 is 10.4 Å². The van der Waals surface area contributed by atoms with E-state index in [1.54, 1.807) is 23.1 Å². The maximum Gasteiger partial charge on any atom is 0.407 e. The molecule has 9 heteroatoms. The molecular weight excluding hydrogens is 387 g/mol. The summed E-state index contributed by atoms with van der Waals surface area (Å²) in [6.45, 7) is 5.05. The lowest BCUT2D eigenvalue weighted by atomic mass is 9.72. The van der Waals surface area contributed by atoms with Gasteiger partial charge in [-0.15, -0.1) is 0 Å². The van der Waals surface area contributed by atoms with Gasteiger partial charge in [-0.1, -0.05) is 26.8 Å². The van der Waals surface area contributed by atoms with Crippen LogP contribution in [0.15, 0.2) is 43.0 Å². The third-order valence-electron chi connectivity index (χ3n) is 6.04. The summed E-state index contributed by atoms with van der Waals surface area (Å²) in [5.41, 5.74) is 0.761. The standard InChI is InChI=1S/C21H25FN6O2/c1-20(2,3)21(13-22)8-14(12-27(21)19(29)30)25-18-11-23-10-16(26-18)15-9-24-28-7-5-4-6-17(15)28/h4-7,9-11,14H,8,12-13H2,1-3H3,(H,25,26)(H,29,30)/t14-,21-/m1/s1. The zero-order valence-electron chi connectivity index (χ0n) is 17.2. The molecule has 1 aliphatic rings. The maximum absolute atomic E-state index is 14.2. The van der Waals surface area contributed by atoms with E-state index in [4.69, 9.17) is 0 Å². The molecule has 3 aromatic rings. The fourth-order valence-corrected chi connectivity index (χ4v) is 4.28. The molecule has 0 aliphatic carbocycles. The Morgan fingerprint density at radius 2 is 2.13 bits per heavy atom. The second kappa shape index (κ2) is 7.23. The van der Waals surface area contributed by atoms with Crippen LogP contribution in [0, 0.1) is 5.41 Å². The lowest BCUT2D eigenvalue weighted by Gasteiger charge is -2.44. The van der Waals surface area contributed by atoms with Crippen molar-refractivity contribution in [1.29, 1.82) is 0 Å². The second-order valence-electron chi connectivity index (χ2n) is 8.73. The summed E-state index contributed by atoms with van der Waals surface area (Å²) in [5.74, 6) is 0.515. The van der Waals surface area contributed by atoms with Gasteiger partial charge in [0, 0.05) is 24.3 Å². The first-order valence-electron chi connectivity index (χ1n) is 9.83. The molecule has 2 atom stereocenters. The van der Waals surface area contributed by atoms with Crippen LogP contribution in [0.3, 0.4) is 0 Å². The lowest BCUT2D eigenvalue weighted by molar-refractivity contribution is 0.0124. The summed E-state index contributed by atoms with van der Waals surface area (Å²) < 4.78 is 16.0. The summed E-state index contributed by atoms with van der Waals surface area (Å²) >= 11 is 0. The molecule has 1 fully saturated rings. The minimum absolute atomic E-state index is 0.180. The lowest BCUT2D eigenvalue weighted by Crippen LogP contribution is -2.56. The molecule has 0 unspecified atom stereocenters. The van der Waals surface area contributed by atoms with Gasteiger partial charge in [-0.25, -0.2) is 18.7 Å². The number of amides is 1. The van der Waals surface area contributed by atoms with Gasteiger partial charge in [0.05, 0.1) is 35.3 Å². The Kier molecular flexibility index (Phi) is 4.83. The van der Waals surface area contributed by atoms with Gasteiger partial charge in [0.25, 0.3) is 0 Å². The fraction of sp³-hybridized carbons (Fsp3) is 0.429. The first kappa shape index (κ1) is 20.1. The predicted octanol–water partition coefficient (Wildman–Crippen LogP) is 3.71. The van der Waals surface area contributed by atoms with Crippen molar-refractivity contribution in [3.8, 4) is 11.3 Å². The van der Waals surface area contributed by atoms with Crippen molar-refractivity contribution in [2.24, 2.45) is 5.41 Å². The van der Waals surface area contributed by atoms with Crippen LogP contribution in [0.5, 0.6) is 0 Å². The van der Waals surface area contributed by atoms with E-state index in [0.717, 1.165) is 11.1 Å². The van der Waals surface area contributed by atoms with Crippen molar-refractivity contribution < 1.29 is 14.3 Å². The Hall–Kier alpha value is -3.23. The molecule has 4 heterocycles. The monoisotopic (exact) mass is 412 g/mol. The van der Waals surface area contributed by atoms with Crippen LogP contribution in [0.4, 0.5) is 15.0 Å². The number of nitrogens with one attached hydrogen (secondary N) is 1. The van der Waals surface area contributed by atoms with Gasteiger partial charge in [0.2, 0.25) is 0 Å². The van der Waals surface area contributed by atoms with Gasteiger partial charge >= 0.3 is 6.09 Å². The number of nitrogens with zero attached hydrogens (tertiary/aromatic N) is 5. The number of halogens is 1. The molecular formula is C21H25FN6O2. The van der Waals surface area contributed by atoms with E-state index < -0.39 is 23.7 Å². The average Bonchev–Trinajstić information content (AvgIpc) is 3.30. The van der Waals surface area contributed by atoms with Gasteiger partial charge in [0.15, 0.2) is 0 Å². The highest BCUT2D eigenvalue weighted by Crippen LogP contribution is 2.44. The fourth-order valence-electron chi connectivity index (χ4n) is 4.28. The van der Waals surface area contributed by atoms with Gasteiger partial charge in [-0.05, 0) is 24.0 Å². The van der Waals surface area contributed by atoms with Crippen LogP contribution >= 0.6 is 0 Å². The van der Waals surface area contributed by atoms with Crippen molar-refractivity contribution in [3.63, 3.8) is 0 Å². The Morgan fingerprint density at radius 1 is 1.33 bits per heavy atom. The number of carbonyl (C=O) groups is 1. The molecule has 0 aromatic carbocycles. The highest BCUT2D eigenvalue weighted by Gasteiger charge is 2.55.